The second-order valence-electron chi connectivity index (χ2n) is 14.1. The summed E-state index contributed by atoms with van der Waals surface area (Å²) in [4.78, 5) is 26.7. The number of fused-ring (bicyclic) bond motifs is 4. The third kappa shape index (κ3) is 3.74. The number of allylic oxidation sites excluding steroid dienone is 2. The molecule has 4 aliphatic carbocycles. The molecular formula is C30H48O5. The molecule has 5 heteroatoms. The smallest absolute Gasteiger partial charge is 0.159 e. The largest absolute Gasteiger partial charge is 0.393 e. The Labute approximate surface area is 211 Å². The van der Waals surface area contributed by atoms with Crippen LogP contribution in [0, 0.1) is 39.4 Å². The summed E-state index contributed by atoms with van der Waals surface area (Å²) in [7, 11) is 0. The fourth-order valence-corrected chi connectivity index (χ4v) is 9.16. The minimum absolute atomic E-state index is 0.00849. The first-order valence-electron chi connectivity index (χ1n) is 13.9. The van der Waals surface area contributed by atoms with E-state index in [2.05, 4.69) is 41.5 Å². The summed E-state index contributed by atoms with van der Waals surface area (Å²) < 4.78 is 0. The zero-order valence-electron chi connectivity index (χ0n) is 23.0. The molecule has 0 aromatic heterocycles. The Morgan fingerprint density at radius 2 is 1.69 bits per heavy atom. The van der Waals surface area contributed by atoms with Gasteiger partial charge in [0, 0.05) is 29.2 Å². The molecule has 3 unspecified atom stereocenters. The fourth-order valence-electron chi connectivity index (χ4n) is 9.16. The first-order chi connectivity index (χ1) is 16.1. The van der Waals surface area contributed by atoms with Gasteiger partial charge in [0.15, 0.2) is 5.78 Å². The Hall–Kier alpha value is -1.04. The second kappa shape index (κ2) is 8.49. The summed E-state index contributed by atoms with van der Waals surface area (Å²) in [6.07, 6.45) is 6.30. The summed E-state index contributed by atoms with van der Waals surface area (Å²) in [5, 5.41) is 30.0. The van der Waals surface area contributed by atoms with E-state index in [0.717, 1.165) is 44.1 Å². The molecule has 0 spiro atoms. The highest BCUT2D eigenvalue weighted by Gasteiger charge is 2.65. The molecule has 4 rings (SSSR count). The molecule has 4 aliphatic rings. The molecule has 2 fully saturated rings. The van der Waals surface area contributed by atoms with Gasteiger partial charge < -0.3 is 15.3 Å². The fraction of sp³-hybridized carbons (Fsp3) is 0.867. The van der Waals surface area contributed by atoms with Crippen molar-refractivity contribution in [2.75, 3.05) is 6.61 Å². The first kappa shape index (κ1) is 27.0. The van der Waals surface area contributed by atoms with E-state index in [9.17, 15) is 24.9 Å². The van der Waals surface area contributed by atoms with Crippen molar-refractivity contribution in [1.29, 1.82) is 0 Å². The van der Waals surface area contributed by atoms with Crippen LogP contribution in [0.2, 0.25) is 0 Å². The standard InChI is InChI=1S/C30H48O5/c1-18(8-9-24(34)30(7,35)17-31)19-10-15-29(6)25-20(11-14-28(19,29)5)27(4)13-12-23(33)26(2,3)22(27)16-21(25)32/h18-19,22,24,31,34-35H,8-17H2,1-7H3/t18-,19-,22?,24?,27-,28-,29+,30?/m1/s1. The predicted molar refractivity (Wildman–Crippen MR) is 137 cm³/mol. The Bertz CT molecular complexity index is 931. The van der Waals surface area contributed by atoms with Gasteiger partial charge in [0.05, 0.1) is 12.7 Å². The third-order valence-electron chi connectivity index (χ3n) is 12.0. The molecule has 0 saturated heterocycles. The maximum Gasteiger partial charge on any atom is 0.159 e. The van der Waals surface area contributed by atoms with Gasteiger partial charge in [-0.25, -0.2) is 0 Å². The molecule has 3 N–H and O–H groups in total. The van der Waals surface area contributed by atoms with Gasteiger partial charge in [-0.2, -0.15) is 0 Å². The van der Waals surface area contributed by atoms with E-state index >= 15 is 0 Å². The van der Waals surface area contributed by atoms with E-state index in [1.165, 1.54) is 12.5 Å². The molecule has 8 atom stereocenters. The van der Waals surface area contributed by atoms with Crippen LogP contribution in [0.5, 0.6) is 0 Å². The van der Waals surface area contributed by atoms with Crippen molar-refractivity contribution < 1.29 is 24.9 Å². The number of Topliss-reactive ketones (excluding diaryl/α,β-unsaturated/α-hetero) is 2. The number of rotatable bonds is 6. The van der Waals surface area contributed by atoms with Crippen molar-refractivity contribution >= 4 is 11.6 Å². The average Bonchev–Trinajstić information content (AvgIpc) is 3.07. The zero-order chi connectivity index (χ0) is 26.2. The summed E-state index contributed by atoms with van der Waals surface area (Å²) in [6, 6.07) is 0. The number of aliphatic hydroxyl groups is 3. The lowest BCUT2D eigenvalue weighted by Crippen LogP contribution is -2.56. The number of carbonyl (C=O) groups excluding carboxylic acids is 2. The highest BCUT2D eigenvalue weighted by molar-refractivity contribution is 6.00. The minimum atomic E-state index is -1.48. The molecule has 0 radical (unpaired) electrons. The van der Waals surface area contributed by atoms with Crippen LogP contribution < -0.4 is 0 Å². The summed E-state index contributed by atoms with van der Waals surface area (Å²) in [5.41, 5.74) is 0.310. The van der Waals surface area contributed by atoms with Crippen molar-refractivity contribution in [2.24, 2.45) is 39.4 Å². The van der Waals surface area contributed by atoms with Crippen LogP contribution in [-0.4, -0.2) is 45.2 Å². The molecule has 0 heterocycles. The third-order valence-corrected chi connectivity index (χ3v) is 12.0. The van der Waals surface area contributed by atoms with Crippen molar-refractivity contribution in [3.8, 4) is 0 Å². The maximum absolute atomic E-state index is 13.9. The minimum Gasteiger partial charge on any atom is -0.393 e. The van der Waals surface area contributed by atoms with E-state index in [1.807, 2.05) is 0 Å². The van der Waals surface area contributed by atoms with Gasteiger partial charge in [0.2, 0.25) is 0 Å². The monoisotopic (exact) mass is 488 g/mol. The quantitative estimate of drug-likeness (QED) is 0.489. The Morgan fingerprint density at radius 3 is 2.31 bits per heavy atom. The zero-order valence-corrected chi connectivity index (χ0v) is 23.0. The van der Waals surface area contributed by atoms with Crippen molar-refractivity contribution in [3.63, 3.8) is 0 Å². The summed E-state index contributed by atoms with van der Waals surface area (Å²) in [6.45, 7) is 14.4. The molecule has 198 valence electrons. The number of ketones is 2. The maximum atomic E-state index is 13.9. The van der Waals surface area contributed by atoms with Crippen LogP contribution in [0.15, 0.2) is 11.1 Å². The second-order valence-corrected chi connectivity index (χ2v) is 14.1. The molecule has 2 saturated carbocycles. The van der Waals surface area contributed by atoms with Gasteiger partial charge in [-0.1, -0.05) is 47.1 Å². The van der Waals surface area contributed by atoms with Crippen molar-refractivity contribution in [3.05, 3.63) is 11.1 Å². The van der Waals surface area contributed by atoms with E-state index in [-0.39, 0.29) is 27.9 Å². The highest BCUT2D eigenvalue weighted by atomic mass is 16.4. The van der Waals surface area contributed by atoms with Gasteiger partial charge in [-0.15, -0.1) is 0 Å². The van der Waals surface area contributed by atoms with Crippen LogP contribution in [0.4, 0.5) is 0 Å². The van der Waals surface area contributed by atoms with Crippen LogP contribution >= 0.6 is 0 Å². The molecule has 0 aromatic rings. The molecule has 0 bridgehead atoms. The van der Waals surface area contributed by atoms with Gasteiger partial charge in [0.1, 0.15) is 11.4 Å². The van der Waals surface area contributed by atoms with Crippen LogP contribution in [-0.2, 0) is 9.59 Å². The van der Waals surface area contributed by atoms with Crippen LogP contribution in [0.25, 0.3) is 0 Å². The first-order valence-corrected chi connectivity index (χ1v) is 13.9. The number of hydrogen-bond acceptors (Lipinski definition) is 5. The van der Waals surface area contributed by atoms with E-state index < -0.39 is 23.7 Å². The molecule has 0 aromatic carbocycles. The van der Waals surface area contributed by atoms with Gasteiger partial charge in [-0.05, 0) is 80.5 Å². The molecular weight excluding hydrogens is 440 g/mol. The lowest BCUT2D eigenvalue weighted by atomic mass is 9.43. The van der Waals surface area contributed by atoms with Crippen molar-refractivity contribution in [1.82, 2.24) is 0 Å². The lowest BCUT2D eigenvalue weighted by molar-refractivity contribution is -0.142. The highest BCUT2D eigenvalue weighted by Crippen LogP contribution is 2.71. The molecule has 0 aliphatic heterocycles. The number of carbonyl (C=O) groups is 2. The average molecular weight is 489 g/mol. The van der Waals surface area contributed by atoms with Crippen LogP contribution in [0.3, 0.4) is 0 Å². The van der Waals surface area contributed by atoms with Gasteiger partial charge in [-0.3, -0.25) is 9.59 Å². The van der Waals surface area contributed by atoms with E-state index in [1.54, 1.807) is 0 Å². The van der Waals surface area contributed by atoms with Crippen LogP contribution in [0.1, 0.15) is 106 Å². The van der Waals surface area contributed by atoms with Crippen molar-refractivity contribution in [2.45, 2.75) is 118 Å². The number of aliphatic hydroxyl groups excluding tert-OH is 2. The van der Waals surface area contributed by atoms with E-state index in [4.69, 9.17) is 0 Å². The molecule has 5 nitrogen and oxygen atoms in total. The Morgan fingerprint density at radius 1 is 1.03 bits per heavy atom. The van der Waals surface area contributed by atoms with Gasteiger partial charge in [0.25, 0.3) is 0 Å². The summed E-state index contributed by atoms with van der Waals surface area (Å²) in [5.74, 6) is 1.46. The normalized spacial score (nSPS) is 42.1. The lowest BCUT2D eigenvalue weighted by Gasteiger charge is -2.60. The van der Waals surface area contributed by atoms with E-state index in [0.29, 0.717) is 36.9 Å². The van der Waals surface area contributed by atoms with Gasteiger partial charge >= 0.3 is 0 Å². The number of hydrogen-bond donors (Lipinski definition) is 3. The predicted octanol–water partition coefficient (Wildman–Crippen LogP) is 5.00. The SMILES string of the molecule is C[C@H](CCC(O)C(C)(O)CO)[C@H]1CC[C@@]2(C)C3=C(CC[C@]12C)[C@@]1(C)CCC(=O)C(C)(C)C1CC3=O. The Kier molecular flexibility index (Phi) is 6.55. The Balaban J connectivity index is 1.64. The molecule has 0 amide bonds. The summed E-state index contributed by atoms with van der Waals surface area (Å²) >= 11 is 0. The topological polar surface area (TPSA) is 94.8 Å². The molecule has 35 heavy (non-hydrogen) atoms.